The molecule has 0 aromatic rings. The van der Waals surface area contributed by atoms with Crippen LogP contribution >= 0.6 is 0 Å². The van der Waals surface area contributed by atoms with Crippen LogP contribution in [0.15, 0.2) is 0 Å². The van der Waals surface area contributed by atoms with Gasteiger partial charge in [-0.2, -0.15) is 0 Å². The predicted molar refractivity (Wildman–Crippen MR) is 69.0 cm³/mol. The van der Waals surface area contributed by atoms with Gasteiger partial charge in [0.05, 0.1) is 0 Å². The Balaban J connectivity index is 1.78. The Morgan fingerprint density at radius 3 is 2.59 bits per heavy atom. The first-order valence-electron chi connectivity index (χ1n) is 6.97. The number of carbonyl (C=O) groups excluding carboxylic acids is 1. The molecule has 2 saturated heterocycles. The Kier molecular flexibility index (Phi) is 4.26. The van der Waals surface area contributed by atoms with E-state index in [0.29, 0.717) is 18.1 Å². The van der Waals surface area contributed by atoms with E-state index in [0.717, 1.165) is 32.2 Å². The zero-order valence-electron chi connectivity index (χ0n) is 11.0. The monoisotopic (exact) mass is 239 g/mol. The minimum atomic E-state index is 0.102. The summed E-state index contributed by atoms with van der Waals surface area (Å²) in [5.74, 6) is 0. The summed E-state index contributed by atoms with van der Waals surface area (Å²) in [5.41, 5.74) is 0. The molecule has 4 heteroatoms. The summed E-state index contributed by atoms with van der Waals surface area (Å²) in [6.45, 7) is 2.94. The lowest BCUT2D eigenvalue weighted by molar-refractivity contribution is 0.165. The van der Waals surface area contributed by atoms with E-state index in [1.54, 1.807) is 0 Å². The van der Waals surface area contributed by atoms with Crippen molar-refractivity contribution in [2.45, 2.75) is 63.6 Å². The van der Waals surface area contributed by atoms with Gasteiger partial charge in [-0.15, -0.1) is 0 Å². The number of hydrogen-bond donors (Lipinski definition) is 2. The number of nitrogens with one attached hydrogen (secondary N) is 2. The van der Waals surface area contributed by atoms with Crippen LogP contribution in [0.1, 0.15) is 45.4 Å². The molecule has 2 atom stereocenters. The third-order valence-corrected chi connectivity index (χ3v) is 4.12. The predicted octanol–water partition coefficient (Wildman–Crippen LogP) is 1.71. The smallest absolute Gasteiger partial charge is 0.317 e. The van der Waals surface area contributed by atoms with Crippen LogP contribution in [0.4, 0.5) is 4.79 Å². The summed E-state index contributed by atoms with van der Waals surface area (Å²) in [7, 11) is 1.94. The number of rotatable bonds is 4. The summed E-state index contributed by atoms with van der Waals surface area (Å²) in [6, 6.07) is 1.81. The Morgan fingerprint density at radius 1 is 1.35 bits per heavy atom. The van der Waals surface area contributed by atoms with E-state index >= 15 is 0 Å². The normalized spacial score (nSPS) is 31.3. The highest BCUT2D eigenvalue weighted by Crippen LogP contribution is 2.29. The molecule has 2 unspecified atom stereocenters. The van der Waals surface area contributed by atoms with Gasteiger partial charge < -0.3 is 15.5 Å². The summed E-state index contributed by atoms with van der Waals surface area (Å²) in [5, 5.41) is 6.61. The van der Waals surface area contributed by atoms with E-state index < -0.39 is 0 Å². The molecule has 0 saturated carbocycles. The van der Waals surface area contributed by atoms with Gasteiger partial charge in [0.15, 0.2) is 0 Å². The van der Waals surface area contributed by atoms with Crippen molar-refractivity contribution < 1.29 is 4.79 Å². The van der Waals surface area contributed by atoms with Gasteiger partial charge in [-0.3, -0.25) is 0 Å². The molecule has 2 aliphatic heterocycles. The average Bonchev–Trinajstić information content (AvgIpc) is 2.67. The summed E-state index contributed by atoms with van der Waals surface area (Å²) in [4.78, 5) is 13.9. The van der Waals surface area contributed by atoms with Crippen molar-refractivity contribution in [1.82, 2.24) is 15.5 Å². The van der Waals surface area contributed by atoms with E-state index in [4.69, 9.17) is 0 Å². The molecule has 0 aromatic heterocycles. The van der Waals surface area contributed by atoms with Crippen LogP contribution in [-0.2, 0) is 0 Å². The lowest BCUT2D eigenvalue weighted by Gasteiger charge is -2.35. The highest BCUT2D eigenvalue weighted by molar-refractivity contribution is 5.74. The van der Waals surface area contributed by atoms with Gasteiger partial charge >= 0.3 is 6.03 Å². The summed E-state index contributed by atoms with van der Waals surface area (Å²) in [6.07, 6.45) is 7.00. The summed E-state index contributed by atoms with van der Waals surface area (Å²) < 4.78 is 0. The van der Waals surface area contributed by atoms with Gasteiger partial charge in [0, 0.05) is 31.7 Å². The average molecular weight is 239 g/mol. The molecule has 4 nitrogen and oxygen atoms in total. The maximum Gasteiger partial charge on any atom is 0.317 e. The highest BCUT2D eigenvalue weighted by atomic mass is 16.2. The SMILES string of the molecule is CCCCNC(=O)N(C)C1CC2CCC(C1)N2. The number of urea groups is 1. The van der Waals surface area contributed by atoms with Crippen LogP contribution < -0.4 is 10.6 Å². The number of amides is 2. The van der Waals surface area contributed by atoms with Gasteiger partial charge in [0.2, 0.25) is 0 Å². The second kappa shape index (κ2) is 5.71. The topological polar surface area (TPSA) is 44.4 Å². The first kappa shape index (κ1) is 12.7. The number of hydrogen-bond acceptors (Lipinski definition) is 2. The number of piperidine rings is 1. The molecular weight excluding hydrogens is 214 g/mol. The second-order valence-electron chi connectivity index (χ2n) is 5.46. The lowest BCUT2D eigenvalue weighted by atomic mass is 9.99. The van der Waals surface area contributed by atoms with E-state index in [9.17, 15) is 4.79 Å². The van der Waals surface area contributed by atoms with E-state index in [-0.39, 0.29) is 6.03 Å². The minimum absolute atomic E-state index is 0.102. The fourth-order valence-electron chi connectivity index (χ4n) is 3.01. The Bertz CT molecular complexity index is 257. The maximum absolute atomic E-state index is 11.9. The second-order valence-corrected chi connectivity index (χ2v) is 5.46. The third-order valence-electron chi connectivity index (χ3n) is 4.12. The molecular formula is C13H25N3O. The third kappa shape index (κ3) is 3.12. The fraction of sp³-hybridized carbons (Fsp3) is 0.923. The van der Waals surface area contributed by atoms with Crippen LogP contribution in [0.25, 0.3) is 0 Å². The Morgan fingerprint density at radius 2 is 2.00 bits per heavy atom. The van der Waals surface area contributed by atoms with E-state index in [2.05, 4.69) is 17.6 Å². The minimum Gasteiger partial charge on any atom is -0.338 e. The van der Waals surface area contributed by atoms with Crippen LogP contribution in [0.5, 0.6) is 0 Å². The first-order valence-corrected chi connectivity index (χ1v) is 6.97. The van der Waals surface area contributed by atoms with Gasteiger partial charge in [-0.05, 0) is 32.1 Å². The molecule has 0 spiro atoms. The molecule has 2 amide bonds. The van der Waals surface area contributed by atoms with Crippen LogP contribution in [-0.4, -0.2) is 42.6 Å². The van der Waals surface area contributed by atoms with Crippen molar-refractivity contribution in [3.8, 4) is 0 Å². The van der Waals surface area contributed by atoms with Gasteiger partial charge in [0.25, 0.3) is 0 Å². The van der Waals surface area contributed by atoms with Crippen LogP contribution in [0.2, 0.25) is 0 Å². The van der Waals surface area contributed by atoms with E-state index in [1.165, 1.54) is 12.8 Å². The molecule has 2 N–H and O–H groups in total. The van der Waals surface area contributed by atoms with Crippen molar-refractivity contribution in [2.24, 2.45) is 0 Å². The zero-order valence-corrected chi connectivity index (χ0v) is 11.0. The van der Waals surface area contributed by atoms with Crippen molar-refractivity contribution in [3.63, 3.8) is 0 Å². The number of carbonyl (C=O) groups is 1. The standard InChI is InChI=1S/C13H25N3O/c1-3-4-7-14-13(17)16(2)12-8-10-5-6-11(9-12)15-10/h10-12,15H,3-9H2,1-2H3,(H,14,17). The quantitative estimate of drug-likeness (QED) is 0.734. The van der Waals surface area contributed by atoms with Crippen molar-refractivity contribution in [1.29, 1.82) is 0 Å². The molecule has 2 rings (SSSR count). The molecule has 0 radical (unpaired) electrons. The Hall–Kier alpha value is -0.770. The van der Waals surface area contributed by atoms with E-state index in [1.807, 2.05) is 11.9 Å². The molecule has 2 fully saturated rings. The maximum atomic E-state index is 11.9. The van der Waals surface area contributed by atoms with Crippen molar-refractivity contribution in [3.05, 3.63) is 0 Å². The Labute approximate surface area is 104 Å². The van der Waals surface area contributed by atoms with Gasteiger partial charge in [-0.1, -0.05) is 13.3 Å². The molecule has 98 valence electrons. The molecule has 2 aliphatic rings. The molecule has 2 heterocycles. The van der Waals surface area contributed by atoms with Gasteiger partial charge in [-0.25, -0.2) is 4.79 Å². The van der Waals surface area contributed by atoms with Gasteiger partial charge in [0.1, 0.15) is 0 Å². The van der Waals surface area contributed by atoms with Crippen LogP contribution in [0.3, 0.4) is 0 Å². The number of nitrogens with zero attached hydrogens (tertiary/aromatic N) is 1. The summed E-state index contributed by atoms with van der Waals surface area (Å²) >= 11 is 0. The van der Waals surface area contributed by atoms with Crippen molar-refractivity contribution >= 4 is 6.03 Å². The first-order chi connectivity index (χ1) is 8.20. The van der Waals surface area contributed by atoms with Crippen LogP contribution in [0, 0.1) is 0 Å². The number of fused-ring (bicyclic) bond motifs is 2. The highest BCUT2D eigenvalue weighted by Gasteiger charge is 2.36. The molecule has 2 bridgehead atoms. The lowest BCUT2D eigenvalue weighted by Crippen LogP contribution is -2.51. The largest absolute Gasteiger partial charge is 0.338 e. The molecule has 0 aliphatic carbocycles. The zero-order chi connectivity index (χ0) is 12.3. The fourth-order valence-corrected chi connectivity index (χ4v) is 3.01. The number of unbranched alkanes of at least 4 members (excludes halogenated alkanes) is 1. The molecule has 0 aromatic carbocycles. The molecule has 17 heavy (non-hydrogen) atoms. The van der Waals surface area contributed by atoms with Crippen molar-refractivity contribution in [2.75, 3.05) is 13.6 Å².